The van der Waals surface area contributed by atoms with E-state index >= 15 is 0 Å². The molecule has 0 aliphatic carbocycles. The van der Waals surface area contributed by atoms with Gasteiger partial charge in [-0.2, -0.15) is 0 Å². The fraction of sp³-hybridized carbons (Fsp3) is 0.333. The number of aliphatic carboxylic acids is 1. The second-order valence-corrected chi connectivity index (χ2v) is 4.20. The summed E-state index contributed by atoms with van der Waals surface area (Å²) in [5.41, 5.74) is 6.91. The van der Waals surface area contributed by atoms with Crippen LogP contribution < -0.4 is 10.7 Å². The number of nitrogens with two attached hydrogens (primary N) is 1. The Morgan fingerprint density at radius 2 is 2.00 bits per heavy atom. The molecular weight excluding hydrogens is 234 g/mol. The van der Waals surface area contributed by atoms with Gasteiger partial charge in [-0.15, -0.1) is 0 Å². The Morgan fingerprint density at radius 3 is 2.44 bits per heavy atom. The predicted octanol–water partition coefficient (Wildman–Crippen LogP) is 0.355. The molecule has 1 aromatic carbocycles. The molecule has 1 saturated heterocycles. The maximum absolute atomic E-state index is 11.4. The maximum atomic E-state index is 11.4. The van der Waals surface area contributed by atoms with Crippen molar-refractivity contribution >= 4 is 17.6 Å². The van der Waals surface area contributed by atoms with Gasteiger partial charge in [-0.1, -0.05) is 12.1 Å². The lowest BCUT2D eigenvalue weighted by atomic mass is 10.1. The zero-order valence-corrected chi connectivity index (χ0v) is 10.0. The number of benzene rings is 1. The minimum Gasteiger partial charge on any atom is -0.480 e. The van der Waals surface area contributed by atoms with Crippen LogP contribution in [-0.4, -0.2) is 35.6 Å². The molecule has 0 bridgehead atoms. The maximum Gasteiger partial charge on any atom is 0.325 e. The standard InChI is InChI=1S/C12H15N3O3/c1-14-10(16)6-7-15(14)9-4-2-8(3-5-9)11(13)12(17)18/h2-5,11H,6-7,13H2,1H3,(H,17,18). The van der Waals surface area contributed by atoms with Crippen molar-refractivity contribution in [1.82, 2.24) is 5.01 Å². The van der Waals surface area contributed by atoms with Crippen molar-refractivity contribution in [2.45, 2.75) is 12.5 Å². The molecule has 96 valence electrons. The molecule has 0 saturated carbocycles. The van der Waals surface area contributed by atoms with Crippen molar-refractivity contribution in [2.75, 3.05) is 18.6 Å². The number of hydrogen-bond acceptors (Lipinski definition) is 4. The highest BCUT2D eigenvalue weighted by molar-refractivity contribution is 5.81. The van der Waals surface area contributed by atoms with Gasteiger partial charge in [0.15, 0.2) is 0 Å². The number of hydrazine groups is 1. The first-order valence-corrected chi connectivity index (χ1v) is 5.63. The molecule has 2 rings (SSSR count). The Kier molecular flexibility index (Phi) is 3.20. The molecule has 1 unspecified atom stereocenters. The molecule has 0 spiro atoms. The van der Waals surface area contributed by atoms with Crippen LogP contribution in [0.1, 0.15) is 18.0 Å². The lowest BCUT2D eigenvalue weighted by molar-refractivity contribution is -0.138. The molecule has 1 aliphatic rings. The van der Waals surface area contributed by atoms with Gasteiger partial charge in [-0.25, -0.2) is 0 Å². The average molecular weight is 249 g/mol. The van der Waals surface area contributed by atoms with Crippen LogP contribution in [0, 0.1) is 0 Å². The first-order chi connectivity index (χ1) is 8.50. The molecule has 1 amide bonds. The number of nitrogens with zero attached hydrogens (tertiary/aromatic N) is 2. The molecule has 3 N–H and O–H groups in total. The monoisotopic (exact) mass is 249 g/mol. The van der Waals surface area contributed by atoms with E-state index in [-0.39, 0.29) is 5.91 Å². The van der Waals surface area contributed by atoms with Gasteiger partial charge >= 0.3 is 5.97 Å². The molecule has 1 aromatic rings. The van der Waals surface area contributed by atoms with Crippen molar-refractivity contribution in [3.63, 3.8) is 0 Å². The van der Waals surface area contributed by atoms with E-state index in [9.17, 15) is 9.59 Å². The minimum atomic E-state index is -1.06. The fourth-order valence-corrected chi connectivity index (χ4v) is 1.95. The Bertz CT molecular complexity index is 472. The second-order valence-electron chi connectivity index (χ2n) is 4.20. The number of carbonyl (C=O) groups is 2. The largest absolute Gasteiger partial charge is 0.480 e. The lowest BCUT2D eigenvalue weighted by Gasteiger charge is -2.26. The molecule has 0 aromatic heterocycles. The second kappa shape index (κ2) is 4.66. The van der Waals surface area contributed by atoms with Gasteiger partial charge in [-0.05, 0) is 17.7 Å². The van der Waals surface area contributed by atoms with Crippen LogP contribution in [0.2, 0.25) is 0 Å². The Balaban J connectivity index is 2.18. The summed E-state index contributed by atoms with van der Waals surface area (Å²) in [6, 6.07) is 5.87. The number of amides is 1. The predicted molar refractivity (Wildman–Crippen MR) is 65.7 cm³/mol. The van der Waals surface area contributed by atoms with Crippen molar-refractivity contribution in [2.24, 2.45) is 5.73 Å². The van der Waals surface area contributed by atoms with Gasteiger partial charge < -0.3 is 10.8 Å². The fourth-order valence-electron chi connectivity index (χ4n) is 1.95. The van der Waals surface area contributed by atoms with Gasteiger partial charge in [-0.3, -0.25) is 19.6 Å². The van der Waals surface area contributed by atoms with Crippen molar-refractivity contribution in [3.05, 3.63) is 29.8 Å². The molecule has 6 heteroatoms. The molecule has 1 atom stereocenters. The van der Waals surface area contributed by atoms with Gasteiger partial charge in [0.05, 0.1) is 5.69 Å². The minimum absolute atomic E-state index is 0.0707. The van der Waals surface area contributed by atoms with Crippen LogP contribution in [-0.2, 0) is 9.59 Å². The topological polar surface area (TPSA) is 86.9 Å². The molecule has 18 heavy (non-hydrogen) atoms. The van der Waals surface area contributed by atoms with Crippen LogP contribution in [0.5, 0.6) is 0 Å². The van der Waals surface area contributed by atoms with Gasteiger partial charge in [0.2, 0.25) is 5.91 Å². The van der Waals surface area contributed by atoms with E-state index < -0.39 is 12.0 Å². The SMILES string of the molecule is CN1C(=O)CCN1c1ccc(C(N)C(=O)O)cc1. The molecule has 0 radical (unpaired) electrons. The normalized spacial score (nSPS) is 17.1. The lowest BCUT2D eigenvalue weighted by Crippen LogP contribution is -2.35. The summed E-state index contributed by atoms with van der Waals surface area (Å²) in [4.78, 5) is 22.2. The van der Waals surface area contributed by atoms with E-state index in [0.717, 1.165) is 5.69 Å². The molecule has 1 heterocycles. The van der Waals surface area contributed by atoms with Crippen LogP contribution in [0.25, 0.3) is 0 Å². The summed E-state index contributed by atoms with van der Waals surface area (Å²) in [6.07, 6.45) is 0.493. The van der Waals surface area contributed by atoms with Crippen LogP contribution in [0.3, 0.4) is 0 Å². The first kappa shape index (κ1) is 12.4. The van der Waals surface area contributed by atoms with Crippen LogP contribution >= 0.6 is 0 Å². The number of hydrogen-bond donors (Lipinski definition) is 2. The smallest absolute Gasteiger partial charge is 0.325 e. The Hall–Kier alpha value is -2.08. The molecule has 1 fully saturated rings. The number of carbonyl (C=O) groups excluding carboxylic acids is 1. The zero-order chi connectivity index (χ0) is 13.3. The van der Waals surface area contributed by atoms with Crippen molar-refractivity contribution < 1.29 is 14.7 Å². The summed E-state index contributed by atoms with van der Waals surface area (Å²) in [6.45, 7) is 0.639. The highest BCUT2D eigenvalue weighted by Crippen LogP contribution is 2.23. The molecule has 1 aliphatic heterocycles. The third kappa shape index (κ3) is 2.14. The highest BCUT2D eigenvalue weighted by Gasteiger charge is 2.25. The number of carboxylic acids is 1. The van der Waals surface area contributed by atoms with Crippen molar-refractivity contribution in [3.8, 4) is 0 Å². The zero-order valence-electron chi connectivity index (χ0n) is 10.0. The van der Waals surface area contributed by atoms with E-state index in [0.29, 0.717) is 18.5 Å². The molecular formula is C12H15N3O3. The van der Waals surface area contributed by atoms with Crippen LogP contribution in [0.15, 0.2) is 24.3 Å². The third-order valence-corrected chi connectivity index (χ3v) is 3.08. The summed E-state index contributed by atoms with van der Waals surface area (Å²) in [5.74, 6) is -0.988. The first-order valence-electron chi connectivity index (χ1n) is 5.63. The van der Waals surface area contributed by atoms with E-state index in [1.54, 1.807) is 36.3 Å². The van der Waals surface area contributed by atoms with Gasteiger partial charge in [0.25, 0.3) is 0 Å². The Morgan fingerprint density at radius 1 is 1.39 bits per heavy atom. The van der Waals surface area contributed by atoms with Crippen molar-refractivity contribution in [1.29, 1.82) is 0 Å². The van der Waals surface area contributed by atoms with E-state index in [1.807, 2.05) is 5.01 Å². The van der Waals surface area contributed by atoms with Gasteiger partial charge in [0, 0.05) is 20.0 Å². The summed E-state index contributed by atoms with van der Waals surface area (Å²) < 4.78 is 0. The third-order valence-electron chi connectivity index (χ3n) is 3.08. The van der Waals surface area contributed by atoms with E-state index in [2.05, 4.69) is 0 Å². The Labute approximate surface area is 105 Å². The number of rotatable bonds is 3. The number of carboxylic acid groups (broad SMARTS) is 1. The number of anilines is 1. The van der Waals surface area contributed by atoms with E-state index in [1.165, 1.54) is 0 Å². The highest BCUT2D eigenvalue weighted by atomic mass is 16.4. The summed E-state index contributed by atoms with van der Waals surface area (Å²) in [7, 11) is 1.71. The van der Waals surface area contributed by atoms with E-state index in [4.69, 9.17) is 10.8 Å². The average Bonchev–Trinajstić information content (AvgIpc) is 2.69. The quantitative estimate of drug-likeness (QED) is 0.807. The van der Waals surface area contributed by atoms with Gasteiger partial charge in [0.1, 0.15) is 6.04 Å². The summed E-state index contributed by atoms with van der Waals surface area (Å²) in [5, 5.41) is 12.2. The summed E-state index contributed by atoms with van der Waals surface area (Å²) >= 11 is 0. The molecule has 6 nitrogen and oxygen atoms in total. The van der Waals surface area contributed by atoms with Crippen LogP contribution in [0.4, 0.5) is 5.69 Å².